The van der Waals surface area contributed by atoms with Gasteiger partial charge >= 0.3 is 12.3 Å². The maximum atomic E-state index is 12.6. The van der Waals surface area contributed by atoms with Crippen LogP contribution < -0.4 is 5.32 Å². The van der Waals surface area contributed by atoms with E-state index in [1.54, 1.807) is 0 Å². The van der Waals surface area contributed by atoms with Crippen LogP contribution in [0.4, 0.5) is 23.2 Å². The van der Waals surface area contributed by atoms with Crippen molar-refractivity contribution in [2.24, 2.45) is 0 Å². The minimum Gasteiger partial charge on any atom is -0.307 e. The molecule has 0 atom stereocenters. The van der Waals surface area contributed by atoms with E-state index in [0.29, 0.717) is 0 Å². The molecule has 0 aromatic heterocycles. The van der Waals surface area contributed by atoms with E-state index in [4.69, 9.17) is 11.6 Å². The minimum atomic E-state index is -4.18. The summed E-state index contributed by atoms with van der Waals surface area (Å²) in [5.41, 5.74) is -0.278. The largest absolute Gasteiger partial charge is 0.319 e. The molecule has 1 rings (SSSR count). The Bertz CT molecular complexity index is 471. The molecule has 0 radical (unpaired) electrons. The SMILES string of the molecule is O=[N+]([O-])c1cc(Cl)ccc1CNCC(F)(F)C(F)F. The molecule has 9 heteroatoms. The van der Waals surface area contributed by atoms with E-state index in [2.05, 4.69) is 5.32 Å². The molecule has 0 aliphatic carbocycles. The van der Waals surface area contributed by atoms with Crippen LogP contribution in [0.15, 0.2) is 18.2 Å². The molecule has 106 valence electrons. The van der Waals surface area contributed by atoms with Gasteiger partial charge in [-0.15, -0.1) is 0 Å². The molecule has 0 fully saturated rings. The number of nitrogens with one attached hydrogen (secondary N) is 1. The molecular formula is C10H9ClF4N2O2. The van der Waals surface area contributed by atoms with Crippen LogP contribution in [0, 0.1) is 10.1 Å². The average molecular weight is 301 g/mol. The predicted octanol–water partition coefficient (Wildman–Crippen LogP) is 3.24. The molecule has 19 heavy (non-hydrogen) atoms. The number of hydrogen-bond donors (Lipinski definition) is 1. The van der Waals surface area contributed by atoms with Crippen molar-refractivity contribution >= 4 is 17.3 Å². The van der Waals surface area contributed by atoms with Gasteiger partial charge in [-0.3, -0.25) is 10.1 Å². The summed E-state index contributed by atoms with van der Waals surface area (Å²) < 4.78 is 49.0. The summed E-state index contributed by atoms with van der Waals surface area (Å²) in [7, 11) is 0. The standard InChI is InChI=1S/C10H9ClF4N2O2/c11-7-2-1-6(8(3-7)17(18)19)4-16-5-10(14,15)9(12)13/h1-3,9,16H,4-5H2. The Morgan fingerprint density at radius 3 is 2.58 bits per heavy atom. The molecule has 0 bridgehead atoms. The summed E-state index contributed by atoms with van der Waals surface area (Å²) in [6.45, 7) is -1.61. The van der Waals surface area contributed by atoms with E-state index in [1.807, 2.05) is 0 Å². The number of alkyl halides is 4. The first-order valence-corrected chi connectivity index (χ1v) is 5.41. The summed E-state index contributed by atoms with van der Waals surface area (Å²) in [5, 5.41) is 12.9. The molecule has 0 saturated heterocycles. The number of hydrogen-bond acceptors (Lipinski definition) is 3. The van der Waals surface area contributed by atoms with Crippen LogP contribution in [0.5, 0.6) is 0 Å². The van der Waals surface area contributed by atoms with Gasteiger partial charge in [0, 0.05) is 23.2 Å². The van der Waals surface area contributed by atoms with Crippen LogP contribution in [0.25, 0.3) is 0 Å². The molecule has 1 N–H and O–H groups in total. The number of nitrogens with zero attached hydrogens (tertiary/aromatic N) is 1. The topological polar surface area (TPSA) is 55.2 Å². The zero-order chi connectivity index (χ0) is 14.6. The fourth-order valence-corrected chi connectivity index (χ4v) is 1.46. The number of benzene rings is 1. The van der Waals surface area contributed by atoms with Gasteiger partial charge in [0.15, 0.2) is 0 Å². The van der Waals surface area contributed by atoms with Gasteiger partial charge in [0.25, 0.3) is 5.69 Å². The lowest BCUT2D eigenvalue weighted by Gasteiger charge is -2.15. The van der Waals surface area contributed by atoms with E-state index < -0.39 is 23.8 Å². The Balaban J connectivity index is 2.71. The van der Waals surface area contributed by atoms with Gasteiger partial charge in [0.05, 0.1) is 11.5 Å². The van der Waals surface area contributed by atoms with Crippen LogP contribution in [0.2, 0.25) is 5.02 Å². The quantitative estimate of drug-likeness (QED) is 0.498. The molecule has 0 unspecified atom stereocenters. The van der Waals surface area contributed by atoms with E-state index in [1.165, 1.54) is 12.1 Å². The van der Waals surface area contributed by atoms with Crippen molar-refractivity contribution in [3.63, 3.8) is 0 Å². The van der Waals surface area contributed by atoms with Gasteiger partial charge in [-0.1, -0.05) is 11.6 Å². The molecular weight excluding hydrogens is 292 g/mol. The van der Waals surface area contributed by atoms with Crippen LogP contribution in [-0.2, 0) is 6.54 Å². The molecule has 1 aromatic carbocycles. The minimum absolute atomic E-state index is 0.0828. The smallest absolute Gasteiger partial charge is 0.307 e. The highest BCUT2D eigenvalue weighted by atomic mass is 35.5. The maximum Gasteiger partial charge on any atom is 0.319 e. The van der Waals surface area contributed by atoms with Crippen molar-refractivity contribution < 1.29 is 22.5 Å². The van der Waals surface area contributed by atoms with Crippen LogP contribution in [0.3, 0.4) is 0 Å². The zero-order valence-corrected chi connectivity index (χ0v) is 10.1. The van der Waals surface area contributed by atoms with Crippen LogP contribution >= 0.6 is 11.6 Å². The second-order valence-corrected chi connectivity index (χ2v) is 4.13. The van der Waals surface area contributed by atoms with Crippen molar-refractivity contribution in [2.75, 3.05) is 6.54 Å². The van der Waals surface area contributed by atoms with E-state index in [9.17, 15) is 27.7 Å². The fraction of sp³-hybridized carbons (Fsp3) is 0.400. The summed E-state index contributed by atoms with van der Waals surface area (Å²) in [5.74, 6) is -4.18. The molecule has 0 heterocycles. The van der Waals surface area contributed by atoms with Gasteiger partial charge < -0.3 is 5.32 Å². The predicted molar refractivity (Wildman–Crippen MR) is 60.8 cm³/mol. The van der Waals surface area contributed by atoms with Gasteiger partial charge in [-0.2, -0.15) is 8.78 Å². The lowest BCUT2D eigenvalue weighted by atomic mass is 10.2. The molecule has 1 aromatic rings. The zero-order valence-electron chi connectivity index (χ0n) is 9.38. The second kappa shape index (κ2) is 6.16. The Hall–Kier alpha value is -1.41. The first-order valence-electron chi connectivity index (χ1n) is 5.03. The molecule has 0 saturated carbocycles. The fourth-order valence-electron chi connectivity index (χ4n) is 1.30. The first kappa shape index (κ1) is 15.6. The van der Waals surface area contributed by atoms with Crippen molar-refractivity contribution in [1.29, 1.82) is 0 Å². The lowest BCUT2D eigenvalue weighted by Crippen LogP contribution is -2.38. The second-order valence-electron chi connectivity index (χ2n) is 3.70. The Labute approximate surface area is 110 Å². The third-order valence-corrected chi connectivity index (χ3v) is 2.47. The van der Waals surface area contributed by atoms with Gasteiger partial charge in [0.1, 0.15) is 0 Å². The third-order valence-electron chi connectivity index (χ3n) is 2.24. The summed E-state index contributed by atoms with van der Waals surface area (Å²) in [4.78, 5) is 9.97. The van der Waals surface area contributed by atoms with E-state index >= 15 is 0 Å². The van der Waals surface area contributed by atoms with Crippen LogP contribution in [0.1, 0.15) is 5.56 Å². The summed E-state index contributed by atoms with van der Waals surface area (Å²) >= 11 is 5.57. The highest BCUT2D eigenvalue weighted by Crippen LogP contribution is 2.24. The number of nitro groups is 1. The molecule has 0 aliphatic heterocycles. The Morgan fingerprint density at radius 1 is 1.42 bits per heavy atom. The maximum absolute atomic E-state index is 12.6. The summed E-state index contributed by atoms with van der Waals surface area (Å²) in [6.07, 6.45) is -3.79. The molecule has 0 amide bonds. The third kappa shape index (κ3) is 4.32. The number of nitro benzene ring substituents is 1. The Kier molecular flexibility index (Phi) is 5.07. The van der Waals surface area contributed by atoms with E-state index in [-0.39, 0.29) is 22.8 Å². The van der Waals surface area contributed by atoms with Crippen molar-refractivity contribution in [1.82, 2.24) is 5.32 Å². The first-order chi connectivity index (χ1) is 8.74. The highest BCUT2D eigenvalue weighted by Gasteiger charge is 2.40. The normalized spacial score (nSPS) is 11.9. The van der Waals surface area contributed by atoms with Crippen molar-refractivity contribution in [3.8, 4) is 0 Å². The van der Waals surface area contributed by atoms with Gasteiger partial charge in [-0.05, 0) is 12.1 Å². The van der Waals surface area contributed by atoms with Crippen molar-refractivity contribution in [3.05, 3.63) is 38.9 Å². The Morgan fingerprint density at radius 2 is 2.05 bits per heavy atom. The van der Waals surface area contributed by atoms with E-state index in [0.717, 1.165) is 6.07 Å². The average Bonchev–Trinajstić information content (AvgIpc) is 2.30. The van der Waals surface area contributed by atoms with Gasteiger partial charge in [0.2, 0.25) is 0 Å². The number of rotatable bonds is 6. The highest BCUT2D eigenvalue weighted by molar-refractivity contribution is 6.30. The van der Waals surface area contributed by atoms with Crippen molar-refractivity contribution in [2.45, 2.75) is 18.9 Å². The lowest BCUT2D eigenvalue weighted by molar-refractivity contribution is -0.385. The number of halogens is 5. The summed E-state index contributed by atoms with van der Waals surface area (Å²) in [6, 6.07) is 3.68. The van der Waals surface area contributed by atoms with Crippen LogP contribution in [-0.4, -0.2) is 23.8 Å². The monoisotopic (exact) mass is 300 g/mol. The molecule has 0 aliphatic rings. The molecule has 4 nitrogen and oxygen atoms in total. The van der Waals surface area contributed by atoms with Gasteiger partial charge in [-0.25, -0.2) is 8.78 Å². The molecule has 0 spiro atoms.